The molecule has 1 aromatic rings. The zero-order valence-corrected chi connectivity index (χ0v) is 9.33. The minimum atomic E-state index is 0.448. The Labute approximate surface area is 86.3 Å². The highest BCUT2D eigenvalue weighted by molar-refractivity contribution is 5.09. The Hall–Kier alpha value is -0.800. The predicted octanol–water partition coefficient (Wildman–Crippen LogP) is 1.60. The maximum atomic E-state index is 5.65. The molecule has 2 unspecified atom stereocenters. The number of hydrogen-bond donors (Lipinski definition) is 2. The predicted molar refractivity (Wildman–Crippen MR) is 60.1 cm³/mol. The van der Waals surface area contributed by atoms with Crippen molar-refractivity contribution < 1.29 is 0 Å². The molecule has 3 N–H and O–H groups in total. The monoisotopic (exact) mass is 195 g/mol. The molecule has 14 heavy (non-hydrogen) atoms. The lowest BCUT2D eigenvalue weighted by atomic mass is 9.99. The van der Waals surface area contributed by atoms with Gasteiger partial charge in [-0.25, -0.2) is 0 Å². The molecule has 1 rings (SSSR count). The molecule has 0 amide bonds. The van der Waals surface area contributed by atoms with Crippen molar-refractivity contribution in [1.82, 2.24) is 9.88 Å². The summed E-state index contributed by atoms with van der Waals surface area (Å²) in [6.07, 6.45) is 3.07. The fourth-order valence-electron chi connectivity index (χ4n) is 1.64. The van der Waals surface area contributed by atoms with Gasteiger partial charge in [-0.3, -0.25) is 0 Å². The van der Waals surface area contributed by atoms with Crippen molar-refractivity contribution in [2.45, 2.75) is 19.4 Å². The van der Waals surface area contributed by atoms with Gasteiger partial charge in [0.1, 0.15) is 0 Å². The van der Waals surface area contributed by atoms with Crippen LogP contribution >= 0.6 is 0 Å². The molecule has 0 aromatic carbocycles. The van der Waals surface area contributed by atoms with Crippen LogP contribution in [0.3, 0.4) is 0 Å². The van der Waals surface area contributed by atoms with Crippen molar-refractivity contribution >= 4 is 0 Å². The fraction of sp³-hybridized carbons (Fsp3) is 0.636. The van der Waals surface area contributed by atoms with E-state index >= 15 is 0 Å². The number of aromatic amines is 1. The van der Waals surface area contributed by atoms with E-state index in [0.717, 1.165) is 13.0 Å². The maximum Gasteiger partial charge on any atom is 0.0495 e. The molecule has 3 nitrogen and oxygen atoms in total. The number of rotatable bonds is 5. The Bertz CT molecular complexity index is 241. The molecule has 0 fully saturated rings. The topological polar surface area (TPSA) is 45.1 Å². The van der Waals surface area contributed by atoms with Gasteiger partial charge in [0.05, 0.1) is 0 Å². The number of aromatic nitrogens is 1. The van der Waals surface area contributed by atoms with Gasteiger partial charge in [0.2, 0.25) is 0 Å². The number of nitrogens with one attached hydrogen (secondary N) is 1. The van der Waals surface area contributed by atoms with Crippen LogP contribution in [0.25, 0.3) is 0 Å². The second kappa shape index (κ2) is 5.17. The summed E-state index contributed by atoms with van der Waals surface area (Å²) in [5.41, 5.74) is 6.92. The first kappa shape index (κ1) is 11.3. The van der Waals surface area contributed by atoms with E-state index < -0.39 is 0 Å². The van der Waals surface area contributed by atoms with Gasteiger partial charge in [-0.1, -0.05) is 6.92 Å². The molecule has 0 saturated carbocycles. The van der Waals surface area contributed by atoms with E-state index in [1.807, 2.05) is 12.3 Å². The Balaban J connectivity index is 2.66. The van der Waals surface area contributed by atoms with E-state index in [1.165, 1.54) is 5.69 Å². The SMILES string of the molecule is CC(CN)CC(c1ccc[nH]1)N(C)C. The number of H-pyrrole nitrogens is 1. The van der Waals surface area contributed by atoms with Crippen LogP contribution in [0.4, 0.5) is 0 Å². The van der Waals surface area contributed by atoms with Crippen LogP contribution in [0.5, 0.6) is 0 Å². The first-order chi connectivity index (χ1) is 6.65. The van der Waals surface area contributed by atoms with Gasteiger partial charge in [-0.2, -0.15) is 0 Å². The third kappa shape index (κ3) is 2.86. The molecular formula is C11H21N3. The van der Waals surface area contributed by atoms with E-state index in [9.17, 15) is 0 Å². The average molecular weight is 195 g/mol. The lowest BCUT2D eigenvalue weighted by Crippen LogP contribution is -2.24. The van der Waals surface area contributed by atoms with Crippen molar-refractivity contribution in [2.24, 2.45) is 11.7 Å². The molecule has 0 spiro atoms. The van der Waals surface area contributed by atoms with Crippen LogP contribution in [0.15, 0.2) is 18.3 Å². The maximum absolute atomic E-state index is 5.65. The number of nitrogens with zero attached hydrogens (tertiary/aromatic N) is 1. The number of hydrogen-bond acceptors (Lipinski definition) is 2. The van der Waals surface area contributed by atoms with Crippen LogP contribution in [-0.2, 0) is 0 Å². The Morgan fingerprint density at radius 2 is 2.21 bits per heavy atom. The summed E-state index contributed by atoms with van der Waals surface area (Å²) in [5.74, 6) is 0.561. The van der Waals surface area contributed by atoms with Crippen LogP contribution in [0, 0.1) is 5.92 Å². The van der Waals surface area contributed by atoms with Crippen molar-refractivity contribution in [2.75, 3.05) is 20.6 Å². The van der Waals surface area contributed by atoms with E-state index in [-0.39, 0.29) is 0 Å². The highest BCUT2D eigenvalue weighted by Gasteiger charge is 2.17. The fourth-order valence-corrected chi connectivity index (χ4v) is 1.64. The lowest BCUT2D eigenvalue weighted by molar-refractivity contribution is 0.251. The second-order valence-electron chi connectivity index (χ2n) is 4.18. The normalized spacial score (nSPS) is 15.8. The minimum absolute atomic E-state index is 0.448. The molecular weight excluding hydrogens is 174 g/mol. The molecule has 2 atom stereocenters. The third-order valence-electron chi connectivity index (χ3n) is 2.63. The summed E-state index contributed by atoms with van der Waals surface area (Å²) in [4.78, 5) is 5.50. The van der Waals surface area contributed by atoms with E-state index in [2.05, 4.69) is 37.0 Å². The Kier molecular flexibility index (Phi) is 4.17. The largest absolute Gasteiger partial charge is 0.364 e. The zero-order valence-electron chi connectivity index (χ0n) is 9.33. The molecule has 0 aliphatic heterocycles. The highest BCUT2D eigenvalue weighted by Crippen LogP contribution is 2.23. The second-order valence-corrected chi connectivity index (χ2v) is 4.18. The molecule has 0 bridgehead atoms. The third-order valence-corrected chi connectivity index (χ3v) is 2.63. The molecule has 1 heterocycles. The summed E-state index contributed by atoms with van der Waals surface area (Å²) < 4.78 is 0. The minimum Gasteiger partial charge on any atom is -0.364 e. The highest BCUT2D eigenvalue weighted by atomic mass is 15.1. The lowest BCUT2D eigenvalue weighted by Gasteiger charge is -2.25. The Morgan fingerprint density at radius 3 is 2.64 bits per heavy atom. The van der Waals surface area contributed by atoms with Gasteiger partial charge in [0.25, 0.3) is 0 Å². The molecule has 0 aliphatic rings. The van der Waals surface area contributed by atoms with Crippen molar-refractivity contribution in [1.29, 1.82) is 0 Å². The quantitative estimate of drug-likeness (QED) is 0.749. The molecule has 1 aromatic heterocycles. The number of nitrogens with two attached hydrogens (primary N) is 1. The smallest absolute Gasteiger partial charge is 0.0495 e. The van der Waals surface area contributed by atoms with E-state index in [1.54, 1.807) is 0 Å². The van der Waals surface area contributed by atoms with Gasteiger partial charge >= 0.3 is 0 Å². The van der Waals surface area contributed by atoms with Gasteiger partial charge in [-0.15, -0.1) is 0 Å². The van der Waals surface area contributed by atoms with Crippen molar-refractivity contribution in [3.8, 4) is 0 Å². The summed E-state index contributed by atoms with van der Waals surface area (Å²) in [6, 6.07) is 4.62. The molecule has 3 heteroatoms. The molecule has 80 valence electrons. The summed E-state index contributed by atoms with van der Waals surface area (Å²) in [5, 5.41) is 0. The standard InChI is InChI=1S/C11H21N3/c1-9(8-12)7-11(14(2)3)10-5-4-6-13-10/h4-6,9,11,13H,7-8,12H2,1-3H3. The van der Waals surface area contributed by atoms with Crippen LogP contribution < -0.4 is 5.73 Å². The molecule has 0 saturated heterocycles. The van der Waals surface area contributed by atoms with Gasteiger partial charge in [-0.05, 0) is 45.1 Å². The molecule has 0 radical (unpaired) electrons. The van der Waals surface area contributed by atoms with Gasteiger partial charge in [0, 0.05) is 17.9 Å². The van der Waals surface area contributed by atoms with Crippen LogP contribution in [-0.4, -0.2) is 30.5 Å². The van der Waals surface area contributed by atoms with Crippen molar-refractivity contribution in [3.05, 3.63) is 24.0 Å². The summed E-state index contributed by atoms with van der Waals surface area (Å²) >= 11 is 0. The summed E-state index contributed by atoms with van der Waals surface area (Å²) in [7, 11) is 4.21. The van der Waals surface area contributed by atoms with Gasteiger partial charge < -0.3 is 15.6 Å². The van der Waals surface area contributed by atoms with E-state index in [0.29, 0.717) is 12.0 Å². The van der Waals surface area contributed by atoms with Crippen LogP contribution in [0.2, 0.25) is 0 Å². The first-order valence-electron chi connectivity index (χ1n) is 5.15. The Morgan fingerprint density at radius 1 is 1.50 bits per heavy atom. The van der Waals surface area contributed by atoms with Crippen LogP contribution in [0.1, 0.15) is 25.1 Å². The van der Waals surface area contributed by atoms with E-state index in [4.69, 9.17) is 5.73 Å². The first-order valence-corrected chi connectivity index (χ1v) is 5.15. The zero-order chi connectivity index (χ0) is 10.6. The molecule has 0 aliphatic carbocycles. The average Bonchev–Trinajstić information content (AvgIpc) is 2.65. The van der Waals surface area contributed by atoms with Crippen molar-refractivity contribution in [3.63, 3.8) is 0 Å². The van der Waals surface area contributed by atoms with Gasteiger partial charge in [0.15, 0.2) is 0 Å². The summed E-state index contributed by atoms with van der Waals surface area (Å²) in [6.45, 7) is 2.95.